The number of ether oxygens (including phenoxy) is 1. The Morgan fingerprint density at radius 1 is 1.18 bits per heavy atom. The van der Waals surface area contributed by atoms with Crippen LogP contribution >= 0.6 is 0 Å². The van der Waals surface area contributed by atoms with Gasteiger partial charge in [0, 0.05) is 56.4 Å². The molecular weight excluding hydrogens is 356 g/mol. The van der Waals surface area contributed by atoms with Gasteiger partial charge in [-0.15, -0.1) is 0 Å². The summed E-state index contributed by atoms with van der Waals surface area (Å²) < 4.78 is 7.39. The highest BCUT2D eigenvalue weighted by Gasteiger charge is 2.46. The number of carbonyl (C=O) groups excluding carboxylic acids is 1. The number of amides is 1. The molecule has 1 aromatic rings. The molecule has 2 bridgehead atoms. The van der Waals surface area contributed by atoms with Crippen LogP contribution < -0.4 is 11.3 Å². The zero-order valence-electron chi connectivity index (χ0n) is 16.4. The summed E-state index contributed by atoms with van der Waals surface area (Å²) in [7, 11) is 0. The lowest BCUT2D eigenvalue weighted by molar-refractivity contribution is -0.143. The Morgan fingerprint density at radius 2 is 1.96 bits per heavy atom. The highest BCUT2D eigenvalue weighted by atomic mass is 16.5. The predicted molar refractivity (Wildman–Crippen MR) is 105 cm³/mol. The van der Waals surface area contributed by atoms with Gasteiger partial charge < -0.3 is 19.9 Å². The van der Waals surface area contributed by atoms with Crippen LogP contribution in [0.15, 0.2) is 16.9 Å². The number of nitrogens with two attached hydrogens (primary N) is 1. The molecule has 0 unspecified atom stereocenters. The Labute approximate surface area is 165 Å². The summed E-state index contributed by atoms with van der Waals surface area (Å²) in [6.45, 7) is 6.06. The molecule has 3 fully saturated rings. The van der Waals surface area contributed by atoms with E-state index >= 15 is 0 Å². The maximum Gasteiger partial charge on any atom is 0.255 e. The normalized spacial score (nSPS) is 29.1. The van der Waals surface area contributed by atoms with Crippen molar-refractivity contribution < 1.29 is 9.53 Å². The number of hydrogen-bond acceptors (Lipinski definition) is 5. The summed E-state index contributed by atoms with van der Waals surface area (Å²) in [6, 6.07) is 4.12. The minimum atomic E-state index is -0.632. The van der Waals surface area contributed by atoms with E-state index in [1.165, 1.54) is 0 Å². The van der Waals surface area contributed by atoms with E-state index < -0.39 is 5.54 Å². The molecule has 4 aliphatic rings. The summed E-state index contributed by atoms with van der Waals surface area (Å²) in [5.41, 5.74) is 7.77. The molecule has 7 heteroatoms. The van der Waals surface area contributed by atoms with E-state index in [2.05, 4.69) is 11.0 Å². The van der Waals surface area contributed by atoms with Crippen molar-refractivity contribution in [2.75, 3.05) is 39.4 Å². The molecule has 2 N–H and O–H groups in total. The average molecular weight is 386 g/mol. The number of carbonyl (C=O) groups is 1. The number of likely N-dealkylation sites (tertiary alicyclic amines) is 1. The van der Waals surface area contributed by atoms with Crippen LogP contribution in [0.1, 0.15) is 42.9 Å². The number of piperidine rings is 1. The van der Waals surface area contributed by atoms with Crippen LogP contribution in [0.3, 0.4) is 0 Å². The highest BCUT2D eigenvalue weighted by Crippen LogP contribution is 2.38. The zero-order chi connectivity index (χ0) is 19.3. The molecule has 152 valence electrons. The molecule has 4 heterocycles. The molecule has 1 aromatic heterocycles. The Kier molecular flexibility index (Phi) is 4.56. The fourth-order valence-corrected chi connectivity index (χ4v) is 5.36. The maximum absolute atomic E-state index is 13.2. The largest absolute Gasteiger partial charge is 0.379 e. The second-order valence-corrected chi connectivity index (χ2v) is 9.11. The highest BCUT2D eigenvalue weighted by molar-refractivity contribution is 5.87. The van der Waals surface area contributed by atoms with Crippen molar-refractivity contribution >= 4 is 5.91 Å². The molecule has 5 rings (SSSR count). The molecule has 1 saturated carbocycles. The molecule has 1 aliphatic carbocycles. The number of aromatic nitrogens is 1. The van der Waals surface area contributed by atoms with Gasteiger partial charge in [-0.2, -0.15) is 0 Å². The number of morpholine rings is 1. The number of fused-ring (bicyclic) bond motifs is 4. The topological polar surface area (TPSA) is 80.8 Å². The van der Waals surface area contributed by atoms with Crippen LogP contribution in [0, 0.1) is 5.92 Å². The van der Waals surface area contributed by atoms with Gasteiger partial charge >= 0.3 is 0 Å². The average Bonchev–Trinajstić information content (AvgIpc) is 2.69. The zero-order valence-corrected chi connectivity index (χ0v) is 16.4. The lowest BCUT2D eigenvalue weighted by atomic mass is 9.75. The van der Waals surface area contributed by atoms with E-state index in [-0.39, 0.29) is 17.4 Å². The Balaban J connectivity index is 1.36. The molecule has 2 atom stereocenters. The standard InChI is InChI=1S/C21H30N4O3/c22-21(4-1-5-21)20(27)24-11-15-10-17(14-24)18-3-2-16(19(26)25(18)12-15)13-23-6-8-28-9-7-23/h2-3,15,17H,1,4-14,22H2/t15-,17+/m0/s1. The van der Waals surface area contributed by atoms with Crippen molar-refractivity contribution in [3.63, 3.8) is 0 Å². The SMILES string of the molecule is NC1(C(=O)N2C[C@@H]3C[C@H](C2)c2ccc(CN4CCOCC4)c(=O)n2C3)CCC1. The smallest absolute Gasteiger partial charge is 0.255 e. The summed E-state index contributed by atoms with van der Waals surface area (Å²) in [4.78, 5) is 30.3. The van der Waals surface area contributed by atoms with Gasteiger partial charge in [0.1, 0.15) is 0 Å². The van der Waals surface area contributed by atoms with Crippen LogP contribution in [0.2, 0.25) is 0 Å². The number of pyridine rings is 1. The number of rotatable bonds is 3. The fraction of sp³-hybridized carbons (Fsp3) is 0.714. The Morgan fingerprint density at radius 3 is 2.68 bits per heavy atom. The lowest BCUT2D eigenvalue weighted by Gasteiger charge is -2.47. The van der Waals surface area contributed by atoms with E-state index in [9.17, 15) is 9.59 Å². The first kappa shape index (κ1) is 18.3. The quantitative estimate of drug-likeness (QED) is 0.819. The number of nitrogens with zero attached hydrogens (tertiary/aromatic N) is 3. The third-order valence-corrected chi connectivity index (χ3v) is 7.14. The fourth-order valence-electron chi connectivity index (χ4n) is 5.36. The predicted octanol–water partition coefficient (Wildman–Crippen LogP) is 0.508. The first-order valence-electron chi connectivity index (χ1n) is 10.6. The van der Waals surface area contributed by atoms with Gasteiger partial charge in [-0.25, -0.2) is 0 Å². The molecule has 2 saturated heterocycles. The lowest BCUT2D eigenvalue weighted by Crippen LogP contribution is -2.62. The van der Waals surface area contributed by atoms with Crippen LogP contribution in [0.4, 0.5) is 0 Å². The van der Waals surface area contributed by atoms with Crippen molar-refractivity contribution in [3.05, 3.63) is 33.7 Å². The van der Waals surface area contributed by atoms with E-state index in [0.29, 0.717) is 25.6 Å². The van der Waals surface area contributed by atoms with Gasteiger partial charge in [0.05, 0.1) is 18.8 Å². The van der Waals surface area contributed by atoms with Crippen molar-refractivity contribution in [2.45, 2.75) is 50.2 Å². The van der Waals surface area contributed by atoms with Crippen LogP contribution in [-0.4, -0.2) is 65.2 Å². The van der Waals surface area contributed by atoms with Gasteiger partial charge in [0.2, 0.25) is 5.91 Å². The maximum atomic E-state index is 13.2. The molecule has 1 amide bonds. The van der Waals surface area contributed by atoms with Crippen molar-refractivity contribution in [1.82, 2.24) is 14.4 Å². The van der Waals surface area contributed by atoms with Gasteiger partial charge in [0.15, 0.2) is 0 Å². The van der Waals surface area contributed by atoms with Gasteiger partial charge in [-0.1, -0.05) is 6.07 Å². The first-order chi connectivity index (χ1) is 13.5. The molecular formula is C21H30N4O3. The molecule has 0 aromatic carbocycles. The molecule has 7 nitrogen and oxygen atoms in total. The van der Waals surface area contributed by atoms with Crippen molar-refractivity contribution in [3.8, 4) is 0 Å². The van der Waals surface area contributed by atoms with Gasteiger partial charge in [-0.3, -0.25) is 14.5 Å². The molecule has 28 heavy (non-hydrogen) atoms. The summed E-state index contributed by atoms with van der Waals surface area (Å²) in [5.74, 6) is 0.702. The van der Waals surface area contributed by atoms with E-state index in [4.69, 9.17) is 10.5 Å². The third kappa shape index (κ3) is 3.09. The summed E-state index contributed by atoms with van der Waals surface area (Å²) in [5, 5.41) is 0. The van der Waals surface area contributed by atoms with Crippen LogP contribution in [0.25, 0.3) is 0 Å². The first-order valence-corrected chi connectivity index (χ1v) is 10.6. The monoisotopic (exact) mass is 386 g/mol. The third-order valence-electron chi connectivity index (χ3n) is 7.14. The van der Waals surface area contributed by atoms with Crippen molar-refractivity contribution in [1.29, 1.82) is 0 Å². The van der Waals surface area contributed by atoms with Crippen LogP contribution in [-0.2, 0) is 22.6 Å². The minimum Gasteiger partial charge on any atom is -0.379 e. The Hall–Kier alpha value is -1.70. The Bertz CT molecular complexity index is 825. The van der Waals surface area contributed by atoms with E-state index in [1.807, 2.05) is 15.5 Å². The second kappa shape index (κ2) is 6.97. The molecule has 0 radical (unpaired) electrons. The van der Waals surface area contributed by atoms with Crippen molar-refractivity contribution in [2.24, 2.45) is 11.7 Å². The second-order valence-electron chi connectivity index (χ2n) is 9.11. The number of hydrogen-bond donors (Lipinski definition) is 1. The van der Waals surface area contributed by atoms with Gasteiger partial charge in [0.25, 0.3) is 5.56 Å². The minimum absolute atomic E-state index is 0.119. The van der Waals surface area contributed by atoms with E-state index in [0.717, 1.165) is 69.8 Å². The summed E-state index contributed by atoms with van der Waals surface area (Å²) in [6.07, 6.45) is 3.72. The molecule has 3 aliphatic heterocycles. The summed E-state index contributed by atoms with van der Waals surface area (Å²) >= 11 is 0. The van der Waals surface area contributed by atoms with Gasteiger partial charge in [-0.05, 0) is 37.7 Å². The van der Waals surface area contributed by atoms with E-state index in [1.54, 1.807) is 0 Å². The molecule has 0 spiro atoms. The van der Waals surface area contributed by atoms with Crippen LogP contribution in [0.5, 0.6) is 0 Å².